The highest BCUT2D eigenvalue weighted by molar-refractivity contribution is 5.93. The smallest absolute Gasteiger partial charge is 0.291 e. The molecule has 2 heterocycles. The fourth-order valence-corrected chi connectivity index (χ4v) is 3.55. The maximum Gasteiger partial charge on any atom is 0.291 e. The Morgan fingerprint density at radius 1 is 1.38 bits per heavy atom. The van der Waals surface area contributed by atoms with Crippen molar-refractivity contribution in [1.29, 1.82) is 0 Å². The summed E-state index contributed by atoms with van der Waals surface area (Å²) < 4.78 is 10.8. The normalized spacial score (nSPS) is 20.4. The second-order valence-corrected chi connectivity index (χ2v) is 6.81. The van der Waals surface area contributed by atoms with Gasteiger partial charge in [0.2, 0.25) is 5.76 Å². The van der Waals surface area contributed by atoms with Crippen LogP contribution in [0, 0.1) is 0 Å². The summed E-state index contributed by atoms with van der Waals surface area (Å²) in [7, 11) is 1.68. The molecule has 4 rings (SSSR count). The number of aromatic nitrogens is 1. The van der Waals surface area contributed by atoms with Crippen LogP contribution in [0.15, 0.2) is 29.0 Å². The van der Waals surface area contributed by atoms with Crippen molar-refractivity contribution in [2.24, 2.45) is 0 Å². The van der Waals surface area contributed by atoms with Crippen molar-refractivity contribution >= 4 is 5.91 Å². The molecule has 2 aromatic rings. The molecule has 1 atom stereocenters. The number of hydrogen-bond acceptors (Lipinski definition) is 4. The lowest BCUT2D eigenvalue weighted by Gasteiger charge is -2.22. The van der Waals surface area contributed by atoms with Crippen LogP contribution in [-0.4, -0.2) is 36.0 Å². The van der Waals surface area contributed by atoms with E-state index in [-0.39, 0.29) is 11.8 Å². The van der Waals surface area contributed by atoms with Crippen molar-refractivity contribution < 1.29 is 13.9 Å². The maximum absolute atomic E-state index is 13.0. The van der Waals surface area contributed by atoms with E-state index in [2.05, 4.69) is 24.0 Å². The fraction of sp³-hybridized carbons (Fsp3) is 0.474. The molecule has 1 aromatic heterocycles. The average molecular weight is 326 g/mol. The number of hydrogen-bond donors (Lipinski definition) is 0. The van der Waals surface area contributed by atoms with Crippen LogP contribution in [0.5, 0.6) is 5.75 Å². The van der Waals surface area contributed by atoms with Crippen molar-refractivity contribution in [3.05, 3.63) is 47.2 Å². The van der Waals surface area contributed by atoms with Gasteiger partial charge in [-0.25, -0.2) is 4.98 Å². The van der Waals surface area contributed by atoms with E-state index in [1.807, 2.05) is 11.0 Å². The van der Waals surface area contributed by atoms with Crippen LogP contribution in [0.1, 0.15) is 59.0 Å². The fourth-order valence-electron chi connectivity index (χ4n) is 3.55. The summed E-state index contributed by atoms with van der Waals surface area (Å²) in [5.74, 6) is 1.95. The van der Waals surface area contributed by atoms with Crippen LogP contribution >= 0.6 is 0 Å². The van der Waals surface area contributed by atoms with E-state index in [4.69, 9.17) is 9.15 Å². The zero-order chi connectivity index (χ0) is 16.7. The third-order valence-electron chi connectivity index (χ3n) is 5.07. The van der Waals surface area contributed by atoms with Gasteiger partial charge in [-0.2, -0.15) is 0 Å². The monoisotopic (exact) mass is 326 g/mol. The summed E-state index contributed by atoms with van der Waals surface area (Å²) in [4.78, 5) is 19.1. The van der Waals surface area contributed by atoms with E-state index in [1.54, 1.807) is 7.11 Å². The second kappa shape index (κ2) is 5.96. The molecular formula is C19H22N2O3. The molecule has 0 spiro atoms. The molecule has 1 fully saturated rings. The van der Waals surface area contributed by atoms with E-state index < -0.39 is 0 Å². The number of benzene rings is 1. The number of rotatable bonds is 3. The van der Waals surface area contributed by atoms with E-state index in [0.717, 1.165) is 30.7 Å². The molecule has 1 aliphatic heterocycles. The number of fused-ring (bicyclic) bond motifs is 1. The molecule has 1 unspecified atom stereocenters. The number of oxazole rings is 1. The summed E-state index contributed by atoms with van der Waals surface area (Å²) >= 11 is 0. The van der Waals surface area contributed by atoms with Crippen molar-refractivity contribution in [2.45, 2.75) is 38.0 Å². The quantitative estimate of drug-likeness (QED) is 0.868. The Bertz CT molecular complexity index is 764. The minimum absolute atomic E-state index is 0.0268. The van der Waals surface area contributed by atoms with Crippen LogP contribution in [0.25, 0.3) is 0 Å². The largest absolute Gasteiger partial charge is 0.497 e. The Kier molecular flexibility index (Phi) is 3.79. The van der Waals surface area contributed by atoms with Gasteiger partial charge in [-0.3, -0.25) is 4.79 Å². The summed E-state index contributed by atoms with van der Waals surface area (Å²) in [6, 6.07) is 6.20. The first-order valence-electron chi connectivity index (χ1n) is 8.57. The Balaban J connectivity index is 1.58. The van der Waals surface area contributed by atoms with Gasteiger partial charge < -0.3 is 14.1 Å². The Morgan fingerprint density at radius 3 is 2.96 bits per heavy atom. The van der Waals surface area contributed by atoms with Crippen LogP contribution in [0.2, 0.25) is 0 Å². The number of carbonyl (C=O) groups is 1. The minimum atomic E-state index is -0.0268. The lowest BCUT2D eigenvalue weighted by atomic mass is 9.95. The molecule has 1 saturated carbocycles. The first-order valence-corrected chi connectivity index (χ1v) is 8.57. The van der Waals surface area contributed by atoms with Crippen LogP contribution in [0.4, 0.5) is 0 Å². The molecule has 1 aliphatic carbocycles. The highest BCUT2D eigenvalue weighted by Crippen LogP contribution is 2.41. The first-order chi connectivity index (χ1) is 11.7. The van der Waals surface area contributed by atoms with Crippen LogP contribution < -0.4 is 4.74 Å². The molecule has 24 heavy (non-hydrogen) atoms. The van der Waals surface area contributed by atoms with E-state index in [0.29, 0.717) is 24.8 Å². The van der Waals surface area contributed by atoms with Gasteiger partial charge in [-0.05, 0) is 48.4 Å². The van der Waals surface area contributed by atoms with Gasteiger partial charge in [0.15, 0.2) is 6.39 Å². The molecule has 1 amide bonds. The number of amides is 1. The molecule has 5 heteroatoms. The summed E-state index contributed by atoms with van der Waals surface area (Å²) in [5, 5.41) is 0. The number of nitrogens with zero attached hydrogens (tertiary/aromatic N) is 2. The van der Waals surface area contributed by atoms with Crippen LogP contribution in [-0.2, 0) is 6.42 Å². The van der Waals surface area contributed by atoms with Crippen molar-refractivity contribution in [3.8, 4) is 5.75 Å². The highest BCUT2D eigenvalue weighted by Gasteiger charge is 2.34. The molecule has 2 aliphatic rings. The second-order valence-electron chi connectivity index (χ2n) is 6.81. The summed E-state index contributed by atoms with van der Waals surface area (Å²) in [6.45, 7) is 3.54. The van der Waals surface area contributed by atoms with Gasteiger partial charge in [0.05, 0.1) is 12.8 Å². The maximum atomic E-state index is 13.0. The summed E-state index contributed by atoms with van der Waals surface area (Å²) in [6.07, 6.45) is 4.47. The van der Waals surface area contributed by atoms with Crippen molar-refractivity contribution in [2.75, 3.05) is 20.2 Å². The molecule has 0 radical (unpaired) electrons. The minimum Gasteiger partial charge on any atom is -0.497 e. The third-order valence-corrected chi connectivity index (χ3v) is 5.07. The Morgan fingerprint density at radius 2 is 2.21 bits per heavy atom. The predicted octanol–water partition coefficient (Wildman–Crippen LogP) is 3.36. The lowest BCUT2D eigenvalue weighted by molar-refractivity contribution is 0.0720. The van der Waals surface area contributed by atoms with E-state index in [9.17, 15) is 4.79 Å². The van der Waals surface area contributed by atoms with Gasteiger partial charge >= 0.3 is 0 Å². The van der Waals surface area contributed by atoms with Gasteiger partial charge in [-0.1, -0.05) is 13.0 Å². The first kappa shape index (κ1) is 15.2. The Hall–Kier alpha value is -2.30. The standard InChI is InChI=1S/C19H22N2O3/c1-12-10-21(8-7-13-5-6-15(23-2)9-16(12)13)19(22)18-17(14-3-4-14)20-11-24-18/h5-6,9,11-12,14H,3-4,7-8,10H2,1-2H3. The zero-order valence-corrected chi connectivity index (χ0v) is 14.1. The van der Waals surface area contributed by atoms with Crippen LogP contribution in [0.3, 0.4) is 0 Å². The number of methoxy groups -OCH3 is 1. The number of ether oxygens (including phenoxy) is 1. The zero-order valence-electron chi connectivity index (χ0n) is 14.1. The average Bonchev–Trinajstić information content (AvgIpc) is 3.36. The SMILES string of the molecule is COc1ccc2c(c1)C(C)CN(C(=O)c1ocnc1C1CC1)CC2. The van der Waals surface area contributed by atoms with Gasteiger partial charge in [0.25, 0.3) is 5.91 Å². The third kappa shape index (κ3) is 2.68. The lowest BCUT2D eigenvalue weighted by Crippen LogP contribution is -2.34. The van der Waals surface area contributed by atoms with Gasteiger partial charge in [0.1, 0.15) is 5.75 Å². The molecule has 0 saturated heterocycles. The van der Waals surface area contributed by atoms with Gasteiger partial charge in [0, 0.05) is 19.0 Å². The molecule has 0 bridgehead atoms. The van der Waals surface area contributed by atoms with E-state index >= 15 is 0 Å². The molecule has 126 valence electrons. The summed E-state index contributed by atoms with van der Waals surface area (Å²) in [5.41, 5.74) is 3.40. The van der Waals surface area contributed by atoms with Crippen molar-refractivity contribution in [3.63, 3.8) is 0 Å². The van der Waals surface area contributed by atoms with Crippen molar-refractivity contribution in [1.82, 2.24) is 9.88 Å². The van der Waals surface area contributed by atoms with E-state index in [1.165, 1.54) is 17.5 Å². The topological polar surface area (TPSA) is 55.6 Å². The highest BCUT2D eigenvalue weighted by atomic mass is 16.5. The molecular weight excluding hydrogens is 304 g/mol. The molecule has 5 nitrogen and oxygen atoms in total. The predicted molar refractivity (Wildman–Crippen MR) is 89.5 cm³/mol. The Labute approximate surface area is 141 Å². The van der Waals surface area contributed by atoms with Gasteiger partial charge in [-0.15, -0.1) is 0 Å². The molecule has 1 aromatic carbocycles. The molecule has 0 N–H and O–H groups in total. The number of carbonyl (C=O) groups excluding carboxylic acids is 1.